The fourth-order valence-electron chi connectivity index (χ4n) is 4.50. The Morgan fingerprint density at radius 3 is 2.38 bits per heavy atom. The van der Waals surface area contributed by atoms with E-state index in [0.29, 0.717) is 17.2 Å². The van der Waals surface area contributed by atoms with Crippen LogP contribution in [0.5, 0.6) is 0 Å². The van der Waals surface area contributed by atoms with E-state index in [1.807, 2.05) is 6.07 Å². The summed E-state index contributed by atoms with van der Waals surface area (Å²) >= 11 is 0. The summed E-state index contributed by atoms with van der Waals surface area (Å²) < 4.78 is 1.48. The molecule has 0 aliphatic carbocycles. The van der Waals surface area contributed by atoms with Crippen LogP contribution in [0.1, 0.15) is 46.4 Å². The number of aromatic nitrogens is 1. The van der Waals surface area contributed by atoms with Gasteiger partial charge < -0.3 is 14.9 Å². The van der Waals surface area contributed by atoms with Gasteiger partial charge in [0.1, 0.15) is 12.0 Å². The van der Waals surface area contributed by atoms with E-state index in [9.17, 15) is 14.7 Å². The minimum Gasteiger partial charge on any atom is -0.479 e. The molecule has 2 aromatic carbocycles. The maximum atomic E-state index is 11.9. The van der Waals surface area contributed by atoms with Crippen molar-refractivity contribution in [2.75, 3.05) is 27.2 Å². The highest BCUT2D eigenvalue weighted by molar-refractivity contribution is 5.80. The maximum Gasteiger partial charge on any atom is 0.331 e. The van der Waals surface area contributed by atoms with Crippen LogP contribution in [0.15, 0.2) is 72.0 Å². The molecule has 0 amide bonds. The summed E-state index contributed by atoms with van der Waals surface area (Å²) in [4.78, 5) is 27.4. The van der Waals surface area contributed by atoms with Crippen LogP contribution in [0, 0.1) is 0 Å². The first-order valence-electron chi connectivity index (χ1n) is 11.5. The Hall–Kier alpha value is -3.71. The van der Waals surface area contributed by atoms with Crippen LogP contribution in [-0.4, -0.2) is 65.4 Å². The number of rotatable bonds is 8. The molecule has 1 aliphatic rings. The number of hydrogen-bond donors (Lipinski definition) is 1. The van der Waals surface area contributed by atoms with Crippen LogP contribution < -0.4 is 0 Å². The molecule has 0 saturated carbocycles. The van der Waals surface area contributed by atoms with Crippen molar-refractivity contribution in [2.45, 2.75) is 24.8 Å². The normalized spacial score (nSPS) is 15.9. The monoisotopic (exact) mass is 458 g/mol. The molecule has 1 atom stereocenters. The van der Waals surface area contributed by atoms with Gasteiger partial charge in [-0.2, -0.15) is 5.10 Å². The molecular weight excluding hydrogens is 428 g/mol. The molecule has 2 heterocycles. The van der Waals surface area contributed by atoms with Crippen molar-refractivity contribution in [1.29, 1.82) is 0 Å². The molecule has 0 spiro atoms. The second kappa shape index (κ2) is 10.5. The molecule has 7 heteroatoms. The number of hydrogen-bond acceptors (Lipinski definition) is 4. The van der Waals surface area contributed by atoms with Crippen molar-refractivity contribution in [3.8, 4) is 11.1 Å². The third kappa shape index (κ3) is 5.26. The summed E-state index contributed by atoms with van der Waals surface area (Å²) in [6.45, 7) is 2.24. The molecular formula is C27H30N4O3. The SMILES string of the molecule is CN1CCC(c2ccc(-c3cc(C=O)n(/N=C\N(C)C(C(=O)O)c4ccccc4)c3)cc2)CC1. The van der Waals surface area contributed by atoms with Gasteiger partial charge in [0.05, 0.1) is 0 Å². The third-order valence-electron chi connectivity index (χ3n) is 6.50. The van der Waals surface area contributed by atoms with Crippen molar-refractivity contribution in [3.05, 3.63) is 83.7 Å². The fourth-order valence-corrected chi connectivity index (χ4v) is 4.50. The van der Waals surface area contributed by atoms with E-state index in [2.05, 4.69) is 41.3 Å². The Labute approximate surface area is 199 Å². The van der Waals surface area contributed by atoms with Gasteiger partial charge in [-0.1, -0.05) is 54.6 Å². The molecule has 7 nitrogen and oxygen atoms in total. The highest BCUT2D eigenvalue weighted by atomic mass is 16.4. The lowest BCUT2D eigenvalue weighted by molar-refractivity contribution is -0.141. The van der Waals surface area contributed by atoms with Crippen LogP contribution in [0.4, 0.5) is 0 Å². The molecule has 1 saturated heterocycles. The fraction of sp³-hybridized carbons (Fsp3) is 0.296. The van der Waals surface area contributed by atoms with Gasteiger partial charge >= 0.3 is 5.97 Å². The van der Waals surface area contributed by atoms with E-state index in [1.54, 1.807) is 43.6 Å². The lowest BCUT2D eigenvalue weighted by Gasteiger charge is -2.29. The number of nitrogens with zero attached hydrogens (tertiary/aromatic N) is 4. The summed E-state index contributed by atoms with van der Waals surface area (Å²) in [5.41, 5.74) is 4.29. The number of aliphatic carboxylic acids is 1. The smallest absolute Gasteiger partial charge is 0.331 e. The van der Waals surface area contributed by atoms with Crippen molar-refractivity contribution in [2.24, 2.45) is 5.10 Å². The quantitative estimate of drug-likeness (QED) is 0.309. The van der Waals surface area contributed by atoms with Gasteiger partial charge in [0, 0.05) is 18.8 Å². The zero-order chi connectivity index (χ0) is 24.1. The molecule has 176 valence electrons. The van der Waals surface area contributed by atoms with Gasteiger partial charge in [-0.05, 0) is 61.7 Å². The van der Waals surface area contributed by atoms with Crippen LogP contribution in [0.2, 0.25) is 0 Å². The molecule has 0 radical (unpaired) electrons. The highest BCUT2D eigenvalue weighted by Crippen LogP contribution is 2.30. The van der Waals surface area contributed by atoms with E-state index in [4.69, 9.17) is 0 Å². The Bertz CT molecular complexity index is 1150. The molecule has 34 heavy (non-hydrogen) atoms. The first kappa shape index (κ1) is 23.4. The lowest BCUT2D eigenvalue weighted by Crippen LogP contribution is -2.30. The van der Waals surface area contributed by atoms with Crippen molar-refractivity contribution in [3.63, 3.8) is 0 Å². The van der Waals surface area contributed by atoms with Gasteiger partial charge in [-0.3, -0.25) is 4.79 Å². The van der Waals surface area contributed by atoms with Crippen LogP contribution in [0.3, 0.4) is 0 Å². The van der Waals surface area contributed by atoms with E-state index >= 15 is 0 Å². The number of carbonyl (C=O) groups is 2. The summed E-state index contributed by atoms with van der Waals surface area (Å²) in [7, 11) is 3.82. The average Bonchev–Trinajstić information content (AvgIpc) is 3.27. The standard InChI is InChI=1S/C27H30N4O3/c1-29-14-12-22(13-15-29)20-8-10-21(11-9-20)24-16-25(18-32)31(17-24)28-19-30(2)26(27(33)34)23-6-4-3-5-7-23/h3-11,16-19,22,26H,12-15H2,1-2H3,(H,33,34)/b28-19-. The number of carboxylic acids is 1. The van der Waals surface area contributed by atoms with Gasteiger partial charge in [-0.25, -0.2) is 9.47 Å². The molecule has 1 aromatic heterocycles. The Balaban J connectivity index is 1.52. The van der Waals surface area contributed by atoms with Gasteiger partial charge in [-0.15, -0.1) is 0 Å². The predicted octanol–water partition coefficient (Wildman–Crippen LogP) is 4.33. The minimum atomic E-state index is -0.978. The third-order valence-corrected chi connectivity index (χ3v) is 6.50. The Morgan fingerprint density at radius 1 is 1.09 bits per heavy atom. The predicted molar refractivity (Wildman–Crippen MR) is 133 cm³/mol. The largest absolute Gasteiger partial charge is 0.479 e. The minimum absolute atomic E-state index is 0.394. The number of likely N-dealkylation sites (N-methyl/N-ethyl adjacent to an activating group) is 1. The molecule has 1 unspecified atom stereocenters. The van der Waals surface area contributed by atoms with Gasteiger partial charge in [0.15, 0.2) is 12.3 Å². The lowest BCUT2D eigenvalue weighted by atomic mass is 9.89. The Morgan fingerprint density at radius 2 is 1.76 bits per heavy atom. The summed E-state index contributed by atoms with van der Waals surface area (Å²) in [5, 5.41) is 14.1. The molecule has 0 bridgehead atoms. The van der Waals surface area contributed by atoms with Crippen molar-refractivity contribution in [1.82, 2.24) is 14.5 Å². The molecule has 1 aliphatic heterocycles. The van der Waals surface area contributed by atoms with E-state index in [-0.39, 0.29) is 0 Å². The second-order valence-corrected chi connectivity index (χ2v) is 8.86. The number of carbonyl (C=O) groups excluding carboxylic acids is 1. The van der Waals surface area contributed by atoms with Crippen molar-refractivity contribution < 1.29 is 14.7 Å². The maximum absolute atomic E-state index is 11.9. The molecule has 3 aromatic rings. The number of aldehydes is 1. The van der Waals surface area contributed by atoms with E-state index in [0.717, 1.165) is 30.5 Å². The van der Waals surface area contributed by atoms with E-state index < -0.39 is 12.0 Å². The summed E-state index contributed by atoms with van der Waals surface area (Å²) in [6, 6.07) is 18.4. The number of piperidine rings is 1. The van der Waals surface area contributed by atoms with Gasteiger partial charge in [0.2, 0.25) is 0 Å². The van der Waals surface area contributed by atoms with E-state index in [1.165, 1.54) is 34.3 Å². The summed E-state index contributed by atoms with van der Waals surface area (Å²) in [5.74, 6) is -0.388. The average molecular weight is 459 g/mol. The molecule has 4 rings (SSSR count). The van der Waals surface area contributed by atoms with Crippen LogP contribution in [-0.2, 0) is 4.79 Å². The molecule has 1 fully saturated rings. The van der Waals surface area contributed by atoms with Crippen LogP contribution >= 0.6 is 0 Å². The Kier molecular flexibility index (Phi) is 7.23. The van der Waals surface area contributed by atoms with Crippen molar-refractivity contribution >= 4 is 18.6 Å². The second-order valence-electron chi connectivity index (χ2n) is 8.86. The highest BCUT2D eigenvalue weighted by Gasteiger charge is 2.23. The number of likely N-dealkylation sites (tertiary alicyclic amines) is 1. The number of carboxylic acid groups (broad SMARTS) is 1. The molecule has 1 N–H and O–H groups in total. The van der Waals surface area contributed by atoms with Gasteiger partial charge in [0.25, 0.3) is 0 Å². The first-order chi connectivity index (χ1) is 16.5. The topological polar surface area (TPSA) is 78.1 Å². The summed E-state index contributed by atoms with van der Waals surface area (Å²) in [6.07, 6.45) is 6.32. The zero-order valence-electron chi connectivity index (χ0n) is 19.5. The zero-order valence-corrected chi connectivity index (χ0v) is 19.5. The number of benzene rings is 2. The first-order valence-corrected chi connectivity index (χ1v) is 11.5. The van der Waals surface area contributed by atoms with Crippen LogP contribution in [0.25, 0.3) is 11.1 Å².